The smallest absolute Gasteiger partial charge is 0.238 e. The van der Waals surface area contributed by atoms with Crippen LogP contribution in [0.4, 0.5) is 0 Å². The van der Waals surface area contributed by atoms with E-state index in [2.05, 4.69) is 0 Å². The Morgan fingerprint density at radius 1 is 1.77 bits per heavy atom. The average molecular weight is 238 g/mol. The predicted molar refractivity (Wildman–Crippen MR) is 61.3 cm³/mol. The second kappa shape index (κ2) is 5.17. The maximum absolute atomic E-state index is 11.4. The number of thiocarbonyl (C=S) groups is 1. The van der Waals surface area contributed by atoms with E-state index in [1.165, 1.54) is 11.8 Å². The molecule has 5 heteroatoms. The van der Waals surface area contributed by atoms with E-state index in [0.717, 1.165) is 12.8 Å². The summed E-state index contributed by atoms with van der Waals surface area (Å²) in [5.74, 6) is 1.29. The van der Waals surface area contributed by atoms with Crippen LogP contribution in [0.3, 0.4) is 0 Å². The van der Waals surface area contributed by atoms with Gasteiger partial charge in [-0.25, -0.2) is 0 Å². The van der Waals surface area contributed by atoms with Gasteiger partial charge in [-0.3, -0.25) is 9.69 Å². The number of alkyl halides is 1. The number of halogens is 1. The van der Waals surface area contributed by atoms with Crippen LogP contribution in [0, 0.1) is 0 Å². The van der Waals surface area contributed by atoms with Crippen molar-refractivity contribution in [2.24, 2.45) is 0 Å². The molecular weight excluding hydrogens is 226 g/mol. The molecule has 0 spiro atoms. The van der Waals surface area contributed by atoms with Crippen LogP contribution in [0.25, 0.3) is 0 Å². The van der Waals surface area contributed by atoms with Gasteiger partial charge in [0.1, 0.15) is 4.32 Å². The van der Waals surface area contributed by atoms with Gasteiger partial charge in [-0.2, -0.15) is 0 Å². The number of amides is 1. The zero-order valence-electron chi connectivity index (χ0n) is 7.46. The molecule has 2 nitrogen and oxygen atoms in total. The summed E-state index contributed by atoms with van der Waals surface area (Å²) < 4.78 is 0.715. The highest BCUT2D eigenvalue weighted by Gasteiger charge is 2.30. The summed E-state index contributed by atoms with van der Waals surface area (Å²) in [6.45, 7) is 2.02. The van der Waals surface area contributed by atoms with Crippen molar-refractivity contribution in [3.63, 3.8) is 0 Å². The molecular formula is C8H12ClNOS2. The fourth-order valence-electron chi connectivity index (χ4n) is 1.29. The minimum absolute atomic E-state index is 0.136. The number of hydrogen-bond acceptors (Lipinski definition) is 3. The molecule has 1 aliphatic rings. The molecule has 1 amide bonds. The summed E-state index contributed by atoms with van der Waals surface area (Å²) in [6, 6.07) is 0.203. The molecule has 0 bridgehead atoms. The van der Waals surface area contributed by atoms with Crippen molar-refractivity contribution in [2.45, 2.75) is 25.8 Å². The summed E-state index contributed by atoms with van der Waals surface area (Å²) in [5, 5.41) is 0. The highest BCUT2D eigenvalue weighted by atomic mass is 35.5. The van der Waals surface area contributed by atoms with Crippen LogP contribution in [0.15, 0.2) is 0 Å². The van der Waals surface area contributed by atoms with Gasteiger partial charge in [0, 0.05) is 11.9 Å². The topological polar surface area (TPSA) is 20.3 Å². The van der Waals surface area contributed by atoms with Crippen LogP contribution >= 0.6 is 35.6 Å². The first kappa shape index (κ1) is 11.3. The molecule has 0 radical (unpaired) electrons. The minimum Gasteiger partial charge on any atom is -0.294 e. The molecule has 74 valence electrons. The van der Waals surface area contributed by atoms with E-state index in [1.807, 2.05) is 6.92 Å². The molecule has 1 rings (SSSR count). The number of carbonyl (C=O) groups is 1. The Bertz CT molecular complexity index is 206. The molecule has 1 saturated heterocycles. The normalized spacial score (nSPS) is 19.7. The van der Waals surface area contributed by atoms with Gasteiger partial charge in [-0.15, -0.1) is 11.6 Å². The Kier molecular flexibility index (Phi) is 4.49. The van der Waals surface area contributed by atoms with Gasteiger partial charge in [-0.1, -0.05) is 24.0 Å². The van der Waals surface area contributed by atoms with E-state index in [1.54, 1.807) is 4.90 Å². The van der Waals surface area contributed by atoms with Crippen molar-refractivity contribution in [1.29, 1.82) is 0 Å². The maximum Gasteiger partial charge on any atom is 0.238 e. The molecule has 1 aliphatic heterocycles. The van der Waals surface area contributed by atoms with Crippen molar-refractivity contribution in [3.05, 3.63) is 0 Å². The molecule has 1 atom stereocenters. The third-order valence-electron chi connectivity index (χ3n) is 1.98. The third kappa shape index (κ3) is 2.82. The minimum atomic E-state index is 0.136. The predicted octanol–water partition coefficient (Wildman–Crippen LogP) is 2.25. The van der Waals surface area contributed by atoms with Crippen LogP contribution in [0.2, 0.25) is 0 Å². The highest BCUT2D eigenvalue weighted by molar-refractivity contribution is 8.23. The number of rotatable bonds is 4. The molecule has 0 saturated carbocycles. The average Bonchev–Trinajstić information content (AvgIpc) is 2.42. The number of thioether (sulfide) groups is 1. The standard InChI is InChI=1S/C8H12ClNOS2/c1-6(3-2-4-9)10-7(11)5-13-8(10)12/h6H,2-5H2,1H3. The van der Waals surface area contributed by atoms with E-state index >= 15 is 0 Å². The molecule has 1 heterocycles. The Labute approximate surface area is 93.0 Å². The Hall–Kier alpha value is 0.200. The lowest BCUT2D eigenvalue weighted by Crippen LogP contribution is -2.36. The summed E-state index contributed by atoms with van der Waals surface area (Å²) in [7, 11) is 0. The van der Waals surface area contributed by atoms with Crippen molar-refractivity contribution in [2.75, 3.05) is 11.6 Å². The molecule has 0 aromatic rings. The molecule has 0 aromatic carbocycles. The summed E-state index contributed by atoms with van der Waals surface area (Å²) in [4.78, 5) is 13.1. The van der Waals surface area contributed by atoms with Crippen LogP contribution in [0.5, 0.6) is 0 Å². The van der Waals surface area contributed by atoms with Crippen molar-refractivity contribution >= 4 is 45.8 Å². The quantitative estimate of drug-likeness (QED) is 0.553. The molecule has 1 fully saturated rings. The van der Waals surface area contributed by atoms with E-state index in [-0.39, 0.29) is 11.9 Å². The van der Waals surface area contributed by atoms with E-state index in [0.29, 0.717) is 16.0 Å². The van der Waals surface area contributed by atoms with E-state index in [9.17, 15) is 4.79 Å². The van der Waals surface area contributed by atoms with Gasteiger partial charge in [0.05, 0.1) is 5.75 Å². The van der Waals surface area contributed by atoms with Crippen molar-refractivity contribution in [3.8, 4) is 0 Å². The monoisotopic (exact) mass is 237 g/mol. The molecule has 0 aromatic heterocycles. The zero-order valence-corrected chi connectivity index (χ0v) is 9.84. The lowest BCUT2D eigenvalue weighted by atomic mass is 10.2. The van der Waals surface area contributed by atoms with E-state index in [4.69, 9.17) is 23.8 Å². The first-order valence-corrected chi connectivity index (χ1v) is 6.14. The summed E-state index contributed by atoms with van der Waals surface area (Å²) in [5.41, 5.74) is 0. The van der Waals surface area contributed by atoms with Gasteiger partial charge in [-0.05, 0) is 19.8 Å². The summed E-state index contributed by atoms with van der Waals surface area (Å²) >= 11 is 12.1. The van der Waals surface area contributed by atoms with Crippen LogP contribution in [-0.2, 0) is 4.79 Å². The van der Waals surface area contributed by atoms with Crippen LogP contribution in [0.1, 0.15) is 19.8 Å². The van der Waals surface area contributed by atoms with E-state index < -0.39 is 0 Å². The highest BCUT2D eigenvalue weighted by Crippen LogP contribution is 2.23. The lowest BCUT2D eigenvalue weighted by molar-refractivity contribution is -0.125. The van der Waals surface area contributed by atoms with Crippen molar-refractivity contribution < 1.29 is 4.79 Å². The Morgan fingerprint density at radius 2 is 2.46 bits per heavy atom. The first-order chi connectivity index (χ1) is 6.16. The molecule has 1 unspecified atom stereocenters. The van der Waals surface area contributed by atoms with Crippen LogP contribution in [-0.4, -0.2) is 32.8 Å². The Morgan fingerprint density at radius 3 is 2.92 bits per heavy atom. The number of hydrogen-bond donors (Lipinski definition) is 0. The SMILES string of the molecule is CC(CCCCl)N1C(=O)CSC1=S. The van der Waals surface area contributed by atoms with Gasteiger partial charge >= 0.3 is 0 Å². The molecule has 13 heavy (non-hydrogen) atoms. The second-order valence-electron chi connectivity index (χ2n) is 3.00. The Balaban J connectivity index is 2.49. The van der Waals surface area contributed by atoms with Gasteiger partial charge in [0.15, 0.2) is 0 Å². The largest absolute Gasteiger partial charge is 0.294 e. The fourth-order valence-corrected chi connectivity index (χ4v) is 2.71. The second-order valence-corrected chi connectivity index (χ2v) is 4.99. The third-order valence-corrected chi connectivity index (χ3v) is 3.63. The molecule has 0 N–H and O–H groups in total. The lowest BCUT2D eigenvalue weighted by Gasteiger charge is -2.22. The van der Waals surface area contributed by atoms with Crippen LogP contribution < -0.4 is 0 Å². The first-order valence-electron chi connectivity index (χ1n) is 4.21. The zero-order chi connectivity index (χ0) is 9.84. The van der Waals surface area contributed by atoms with Gasteiger partial charge in [0.2, 0.25) is 5.91 Å². The summed E-state index contributed by atoms with van der Waals surface area (Å²) in [6.07, 6.45) is 1.86. The maximum atomic E-state index is 11.4. The van der Waals surface area contributed by atoms with Gasteiger partial charge in [0.25, 0.3) is 0 Å². The fraction of sp³-hybridized carbons (Fsp3) is 0.750. The number of carbonyl (C=O) groups excluding carboxylic acids is 1. The number of nitrogens with zero attached hydrogens (tertiary/aromatic N) is 1. The van der Waals surface area contributed by atoms with Gasteiger partial charge < -0.3 is 0 Å². The van der Waals surface area contributed by atoms with Crippen molar-refractivity contribution in [1.82, 2.24) is 4.90 Å². The molecule has 0 aliphatic carbocycles.